The second-order valence-corrected chi connectivity index (χ2v) is 14.4. The van der Waals surface area contributed by atoms with E-state index in [9.17, 15) is 38.7 Å². The maximum absolute atomic E-state index is 12.6. The zero-order valence-corrected chi connectivity index (χ0v) is 29.9. The van der Waals surface area contributed by atoms with Crippen LogP contribution in [-0.2, 0) is 33.6 Å². The molecule has 0 aromatic carbocycles. The lowest BCUT2D eigenvalue weighted by molar-refractivity contribution is -0.155. The molecule has 49 heavy (non-hydrogen) atoms. The first-order valence-corrected chi connectivity index (χ1v) is 18.2. The van der Waals surface area contributed by atoms with Gasteiger partial charge in [-0.25, -0.2) is 4.79 Å². The third-order valence-corrected chi connectivity index (χ3v) is 9.20. The Morgan fingerprint density at radius 1 is 0.673 bits per heavy atom. The number of hydrogen-bond donors (Lipinski definition) is 5. The normalized spacial score (nSPS) is 15.4. The molecule has 0 spiro atoms. The number of carbonyl (C=O) groups excluding carboxylic acids is 4. The van der Waals surface area contributed by atoms with Gasteiger partial charge in [0.05, 0.1) is 5.92 Å². The Morgan fingerprint density at radius 2 is 1.12 bits per heavy atom. The van der Waals surface area contributed by atoms with E-state index >= 15 is 0 Å². The van der Waals surface area contributed by atoms with Gasteiger partial charge in [0, 0.05) is 32.4 Å². The molecule has 13 nitrogen and oxygen atoms in total. The van der Waals surface area contributed by atoms with Crippen LogP contribution in [0.4, 0.5) is 0 Å². The van der Waals surface area contributed by atoms with Crippen molar-refractivity contribution >= 4 is 41.5 Å². The Kier molecular flexibility index (Phi) is 21.1. The summed E-state index contributed by atoms with van der Waals surface area (Å²) in [4.78, 5) is 84.0. The molecule has 13 heteroatoms. The predicted molar refractivity (Wildman–Crippen MR) is 183 cm³/mol. The summed E-state index contributed by atoms with van der Waals surface area (Å²) in [6.45, 7) is 5.98. The fraction of sp³-hybridized carbons (Fsp3) is 0.806. The number of hydrogen-bond acceptors (Lipinski definition) is 7. The first-order chi connectivity index (χ1) is 23.1. The highest BCUT2D eigenvalue weighted by atomic mass is 16.4. The van der Waals surface area contributed by atoms with E-state index in [2.05, 4.69) is 10.6 Å². The van der Waals surface area contributed by atoms with Gasteiger partial charge in [-0.1, -0.05) is 104 Å². The average molecular weight is 696 g/mol. The van der Waals surface area contributed by atoms with Crippen molar-refractivity contribution < 1.29 is 48.9 Å². The Balaban J connectivity index is 2.04. The quantitative estimate of drug-likeness (QED) is 0.0406. The molecule has 1 aliphatic heterocycles. The first kappa shape index (κ1) is 43.5. The van der Waals surface area contributed by atoms with E-state index in [0.29, 0.717) is 38.6 Å². The van der Waals surface area contributed by atoms with Gasteiger partial charge < -0.3 is 26.0 Å². The summed E-state index contributed by atoms with van der Waals surface area (Å²) < 4.78 is 0. The van der Waals surface area contributed by atoms with Crippen LogP contribution in [0.25, 0.3) is 0 Å². The third-order valence-electron chi connectivity index (χ3n) is 9.20. The zero-order valence-electron chi connectivity index (χ0n) is 29.9. The van der Waals surface area contributed by atoms with Gasteiger partial charge in [0.25, 0.3) is 0 Å². The standard InChI is InChI=1S/C36H61N3O10/c1-36(2,3)27-24-31(42)39(32(27)43)23-19-15-18-21-29(40)37-25-28(35(48)49)38-30(41)22-17-14-12-10-8-6-4-5-7-9-11-13-16-20-26(33(44)45)34(46)47/h26-28H,4-25H2,1-3H3,(H,37,40)(H,38,41)(H,44,45)(H,46,47)(H,48,49). The maximum atomic E-state index is 12.6. The number of nitrogens with one attached hydrogen (secondary N) is 2. The number of carboxylic acids is 3. The Hall–Kier alpha value is -3.51. The van der Waals surface area contributed by atoms with Crippen molar-refractivity contribution in [3.8, 4) is 0 Å². The van der Waals surface area contributed by atoms with E-state index in [-0.39, 0.29) is 67.2 Å². The van der Waals surface area contributed by atoms with E-state index < -0.39 is 29.9 Å². The van der Waals surface area contributed by atoms with Crippen LogP contribution in [0.2, 0.25) is 0 Å². The van der Waals surface area contributed by atoms with E-state index in [4.69, 9.17) is 10.2 Å². The van der Waals surface area contributed by atoms with E-state index in [0.717, 1.165) is 70.6 Å². The van der Waals surface area contributed by atoms with Gasteiger partial charge in [0.1, 0.15) is 6.04 Å². The van der Waals surface area contributed by atoms with Gasteiger partial charge in [0.15, 0.2) is 5.92 Å². The molecule has 2 atom stereocenters. The van der Waals surface area contributed by atoms with Crippen molar-refractivity contribution in [2.45, 2.75) is 155 Å². The average Bonchev–Trinajstić information content (AvgIpc) is 3.31. The minimum Gasteiger partial charge on any atom is -0.481 e. The summed E-state index contributed by atoms with van der Waals surface area (Å²) in [5, 5.41) is 32.3. The minimum atomic E-state index is -1.31. The molecule has 1 aliphatic rings. The Morgan fingerprint density at radius 3 is 1.57 bits per heavy atom. The second kappa shape index (κ2) is 23.8. The van der Waals surface area contributed by atoms with Crippen molar-refractivity contribution in [2.75, 3.05) is 13.1 Å². The lowest BCUT2D eigenvalue weighted by Crippen LogP contribution is -2.48. The van der Waals surface area contributed by atoms with E-state index in [1.165, 1.54) is 4.90 Å². The number of nitrogens with zero attached hydrogens (tertiary/aromatic N) is 1. The summed E-state index contributed by atoms with van der Waals surface area (Å²) >= 11 is 0. The van der Waals surface area contributed by atoms with Crippen molar-refractivity contribution in [3.05, 3.63) is 0 Å². The number of unbranched alkanes of at least 4 members (excludes halogenated alkanes) is 14. The molecule has 5 N–H and O–H groups in total. The molecule has 280 valence electrons. The Labute approximate surface area is 291 Å². The molecule has 0 bridgehead atoms. The van der Waals surface area contributed by atoms with Gasteiger partial charge in [-0.05, 0) is 31.1 Å². The molecule has 0 aromatic heterocycles. The highest BCUT2D eigenvalue weighted by molar-refractivity contribution is 6.03. The van der Waals surface area contributed by atoms with Gasteiger partial charge >= 0.3 is 17.9 Å². The molecule has 0 aromatic rings. The Bertz CT molecular complexity index is 1070. The molecule has 1 rings (SSSR count). The molecule has 0 radical (unpaired) electrons. The zero-order chi connectivity index (χ0) is 36.8. The number of aliphatic carboxylic acids is 3. The molecule has 1 saturated heterocycles. The van der Waals surface area contributed by atoms with E-state index in [1.807, 2.05) is 20.8 Å². The highest BCUT2D eigenvalue weighted by Crippen LogP contribution is 2.35. The molecular formula is C36H61N3O10. The summed E-state index contributed by atoms with van der Waals surface area (Å²) in [6, 6.07) is -1.21. The maximum Gasteiger partial charge on any atom is 0.328 e. The van der Waals surface area contributed by atoms with Crippen LogP contribution < -0.4 is 10.6 Å². The highest BCUT2D eigenvalue weighted by Gasteiger charge is 2.44. The fourth-order valence-corrected chi connectivity index (χ4v) is 6.03. The molecule has 2 unspecified atom stereocenters. The van der Waals surface area contributed by atoms with Crippen LogP contribution in [0.1, 0.15) is 149 Å². The van der Waals surface area contributed by atoms with Crippen LogP contribution in [0, 0.1) is 17.3 Å². The van der Waals surface area contributed by atoms with Crippen LogP contribution in [0.3, 0.4) is 0 Å². The number of likely N-dealkylation sites (tertiary alicyclic amines) is 1. The van der Waals surface area contributed by atoms with E-state index in [1.54, 1.807) is 0 Å². The topological polar surface area (TPSA) is 207 Å². The van der Waals surface area contributed by atoms with Crippen LogP contribution in [0.5, 0.6) is 0 Å². The van der Waals surface area contributed by atoms with Gasteiger partial charge in [-0.2, -0.15) is 0 Å². The van der Waals surface area contributed by atoms with Crippen molar-refractivity contribution in [2.24, 2.45) is 17.3 Å². The number of rotatable bonds is 28. The monoisotopic (exact) mass is 695 g/mol. The largest absolute Gasteiger partial charge is 0.481 e. The lowest BCUT2D eigenvalue weighted by Gasteiger charge is -2.24. The molecule has 1 fully saturated rings. The number of imide groups is 1. The number of amides is 4. The van der Waals surface area contributed by atoms with Crippen molar-refractivity contribution in [1.82, 2.24) is 15.5 Å². The minimum absolute atomic E-state index is 0.129. The molecule has 0 saturated carbocycles. The fourth-order valence-electron chi connectivity index (χ4n) is 6.03. The lowest BCUT2D eigenvalue weighted by atomic mass is 9.80. The van der Waals surface area contributed by atoms with Crippen molar-refractivity contribution in [3.63, 3.8) is 0 Å². The molecule has 1 heterocycles. The first-order valence-electron chi connectivity index (χ1n) is 18.2. The van der Waals surface area contributed by atoms with Crippen molar-refractivity contribution in [1.29, 1.82) is 0 Å². The molecular weight excluding hydrogens is 634 g/mol. The smallest absolute Gasteiger partial charge is 0.328 e. The number of carbonyl (C=O) groups is 7. The number of carboxylic acid groups (broad SMARTS) is 3. The summed E-state index contributed by atoms with van der Waals surface area (Å²) in [5.41, 5.74) is -0.271. The summed E-state index contributed by atoms with van der Waals surface area (Å²) in [5.74, 6) is -6.32. The predicted octanol–water partition coefficient (Wildman–Crippen LogP) is 5.29. The van der Waals surface area contributed by atoms with Crippen LogP contribution >= 0.6 is 0 Å². The molecule has 0 aliphatic carbocycles. The third kappa shape index (κ3) is 18.7. The second-order valence-electron chi connectivity index (χ2n) is 14.4. The van der Waals surface area contributed by atoms with Gasteiger partial charge in [0.2, 0.25) is 23.6 Å². The SMILES string of the molecule is CC(C)(C)C1CC(=O)N(CCCCCC(=O)NCC(NC(=O)CCCCCCCCCCCCCCCC(C(=O)O)C(=O)O)C(=O)O)C1=O. The molecule has 4 amide bonds. The van der Waals surface area contributed by atoms with Gasteiger partial charge in [-0.15, -0.1) is 0 Å². The van der Waals surface area contributed by atoms with Gasteiger partial charge in [-0.3, -0.25) is 33.7 Å². The van der Waals surface area contributed by atoms with Crippen LogP contribution in [-0.4, -0.2) is 80.9 Å². The summed E-state index contributed by atoms with van der Waals surface area (Å²) in [7, 11) is 0. The van der Waals surface area contributed by atoms with Crippen LogP contribution in [0.15, 0.2) is 0 Å². The summed E-state index contributed by atoms with van der Waals surface area (Å²) in [6.07, 6.45) is 15.4.